The van der Waals surface area contributed by atoms with E-state index >= 15 is 0 Å². The van der Waals surface area contributed by atoms with Crippen LogP contribution in [-0.4, -0.2) is 9.38 Å². The Morgan fingerprint density at radius 2 is 2.15 bits per heavy atom. The van der Waals surface area contributed by atoms with E-state index in [0.717, 1.165) is 28.0 Å². The summed E-state index contributed by atoms with van der Waals surface area (Å²) in [5.74, 6) is 0.907. The van der Waals surface area contributed by atoms with Crippen LogP contribution in [0.3, 0.4) is 0 Å². The van der Waals surface area contributed by atoms with Crippen molar-refractivity contribution in [2.24, 2.45) is 0 Å². The van der Waals surface area contributed by atoms with E-state index in [2.05, 4.69) is 40.0 Å². The Kier molecular flexibility index (Phi) is 3.74. The average molecular weight is 331 g/mol. The number of aryl methyl sites for hydroxylation is 1. The van der Waals surface area contributed by atoms with Gasteiger partial charge in [0.15, 0.2) is 0 Å². The number of nitrogens with zero attached hydrogens (tertiary/aromatic N) is 2. The van der Waals surface area contributed by atoms with E-state index in [9.17, 15) is 0 Å². The predicted octanol–water partition coefficient (Wildman–Crippen LogP) is 4.12. The molecule has 2 heterocycles. The smallest absolute Gasteiger partial charge is 0.137 e. The van der Waals surface area contributed by atoms with Gasteiger partial charge in [-0.3, -0.25) is 0 Å². The van der Waals surface area contributed by atoms with Crippen LogP contribution in [0.4, 0.5) is 0 Å². The van der Waals surface area contributed by atoms with Gasteiger partial charge < -0.3 is 9.14 Å². The lowest BCUT2D eigenvalue weighted by atomic mass is 10.1. The summed E-state index contributed by atoms with van der Waals surface area (Å²) in [6.07, 6.45) is 3.99. The minimum absolute atomic E-state index is 0.477. The van der Waals surface area contributed by atoms with Crippen LogP contribution >= 0.6 is 15.9 Å². The van der Waals surface area contributed by atoms with Crippen molar-refractivity contribution >= 4 is 21.6 Å². The predicted molar refractivity (Wildman–Crippen MR) is 83.3 cm³/mol. The van der Waals surface area contributed by atoms with Crippen molar-refractivity contribution in [1.29, 1.82) is 0 Å². The summed E-state index contributed by atoms with van der Waals surface area (Å²) < 4.78 is 7.89. The second kappa shape index (κ2) is 5.67. The van der Waals surface area contributed by atoms with Crippen LogP contribution in [0.1, 0.15) is 16.8 Å². The van der Waals surface area contributed by atoms with Crippen molar-refractivity contribution in [1.82, 2.24) is 9.38 Å². The first-order valence-corrected chi connectivity index (χ1v) is 7.59. The molecule has 20 heavy (non-hydrogen) atoms. The highest BCUT2D eigenvalue weighted by Gasteiger charge is 2.05. The van der Waals surface area contributed by atoms with Gasteiger partial charge in [-0.2, -0.15) is 0 Å². The maximum absolute atomic E-state index is 5.89. The first-order chi connectivity index (χ1) is 9.76. The molecule has 0 saturated heterocycles. The fraction of sp³-hybridized carbons (Fsp3) is 0.188. The Labute approximate surface area is 126 Å². The van der Waals surface area contributed by atoms with Crippen LogP contribution in [0, 0.1) is 6.92 Å². The SMILES string of the molecule is Cc1ccc(OCc2cn3ccccc3n2)c(CBr)c1. The molecule has 0 unspecified atom stereocenters. The highest BCUT2D eigenvalue weighted by molar-refractivity contribution is 9.08. The quantitative estimate of drug-likeness (QED) is 0.673. The van der Waals surface area contributed by atoms with E-state index in [-0.39, 0.29) is 0 Å². The number of fused-ring (bicyclic) bond motifs is 1. The van der Waals surface area contributed by atoms with Gasteiger partial charge in [0, 0.05) is 23.3 Å². The van der Waals surface area contributed by atoms with Crippen molar-refractivity contribution < 1.29 is 4.74 Å². The van der Waals surface area contributed by atoms with Gasteiger partial charge in [-0.05, 0) is 25.1 Å². The van der Waals surface area contributed by atoms with Gasteiger partial charge >= 0.3 is 0 Å². The van der Waals surface area contributed by atoms with E-state index in [4.69, 9.17) is 4.74 Å². The highest BCUT2D eigenvalue weighted by Crippen LogP contribution is 2.23. The fourth-order valence-corrected chi connectivity index (χ4v) is 2.60. The molecule has 1 aromatic carbocycles. The second-order valence-electron chi connectivity index (χ2n) is 4.73. The molecule has 0 saturated carbocycles. The Bertz CT molecular complexity index is 703. The molecule has 3 nitrogen and oxygen atoms in total. The summed E-state index contributed by atoms with van der Waals surface area (Å²) in [4.78, 5) is 4.53. The molecule has 0 aliphatic rings. The summed E-state index contributed by atoms with van der Waals surface area (Å²) >= 11 is 3.50. The Hall–Kier alpha value is -1.81. The molecule has 3 aromatic rings. The van der Waals surface area contributed by atoms with Gasteiger partial charge in [0.1, 0.15) is 18.0 Å². The molecule has 0 fully saturated rings. The van der Waals surface area contributed by atoms with Gasteiger partial charge in [0.2, 0.25) is 0 Å². The molecule has 0 radical (unpaired) electrons. The van der Waals surface area contributed by atoms with Crippen LogP contribution in [0.5, 0.6) is 5.75 Å². The van der Waals surface area contributed by atoms with Gasteiger partial charge in [-0.15, -0.1) is 0 Å². The maximum atomic E-state index is 5.89. The average Bonchev–Trinajstić information content (AvgIpc) is 2.88. The topological polar surface area (TPSA) is 26.5 Å². The van der Waals surface area contributed by atoms with Crippen LogP contribution in [0.15, 0.2) is 48.8 Å². The van der Waals surface area contributed by atoms with Crippen molar-refractivity contribution in [3.8, 4) is 5.75 Å². The second-order valence-corrected chi connectivity index (χ2v) is 5.29. The molecule has 0 aliphatic carbocycles. The molecule has 3 rings (SSSR count). The number of imidazole rings is 1. The minimum atomic E-state index is 0.477. The number of benzene rings is 1. The number of hydrogen-bond acceptors (Lipinski definition) is 2. The summed E-state index contributed by atoms with van der Waals surface area (Å²) in [5, 5.41) is 0.787. The third-order valence-electron chi connectivity index (χ3n) is 3.15. The number of hydrogen-bond donors (Lipinski definition) is 0. The van der Waals surface area contributed by atoms with Gasteiger partial charge in [0.05, 0.1) is 5.69 Å². The summed E-state index contributed by atoms with van der Waals surface area (Å²) in [6, 6.07) is 12.2. The van der Waals surface area contributed by atoms with Crippen molar-refractivity contribution in [3.05, 3.63) is 65.6 Å². The van der Waals surface area contributed by atoms with E-state index in [1.807, 2.05) is 41.1 Å². The van der Waals surface area contributed by atoms with Crippen molar-refractivity contribution in [2.45, 2.75) is 18.9 Å². The van der Waals surface area contributed by atoms with Crippen LogP contribution in [0.25, 0.3) is 5.65 Å². The normalized spacial score (nSPS) is 10.9. The van der Waals surface area contributed by atoms with E-state index in [1.54, 1.807) is 0 Å². The van der Waals surface area contributed by atoms with Crippen LogP contribution in [-0.2, 0) is 11.9 Å². The van der Waals surface area contributed by atoms with Gasteiger partial charge in [0.25, 0.3) is 0 Å². The highest BCUT2D eigenvalue weighted by atomic mass is 79.9. The van der Waals surface area contributed by atoms with Crippen molar-refractivity contribution in [2.75, 3.05) is 0 Å². The monoisotopic (exact) mass is 330 g/mol. The number of pyridine rings is 1. The molecular formula is C16H15BrN2O. The molecule has 2 aromatic heterocycles. The first kappa shape index (κ1) is 13.2. The van der Waals surface area contributed by atoms with Crippen LogP contribution < -0.4 is 4.74 Å². The standard InChI is InChI=1S/C16H15BrN2O/c1-12-5-6-15(13(8-12)9-17)20-11-14-10-19-7-3-2-4-16(19)18-14/h2-8,10H,9,11H2,1H3. The van der Waals surface area contributed by atoms with E-state index < -0.39 is 0 Å². The third kappa shape index (κ3) is 2.70. The number of aromatic nitrogens is 2. The molecule has 0 bridgehead atoms. The lowest BCUT2D eigenvalue weighted by Crippen LogP contribution is -1.98. The number of rotatable bonds is 4. The molecular weight excluding hydrogens is 316 g/mol. The molecule has 4 heteroatoms. The minimum Gasteiger partial charge on any atom is -0.487 e. The van der Waals surface area contributed by atoms with Gasteiger partial charge in [-0.25, -0.2) is 4.98 Å². The molecule has 0 atom stereocenters. The lowest BCUT2D eigenvalue weighted by Gasteiger charge is -2.09. The zero-order chi connectivity index (χ0) is 13.9. The summed E-state index contributed by atoms with van der Waals surface area (Å²) in [6.45, 7) is 2.56. The summed E-state index contributed by atoms with van der Waals surface area (Å²) in [5.41, 5.74) is 4.27. The maximum Gasteiger partial charge on any atom is 0.137 e. The zero-order valence-electron chi connectivity index (χ0n) is 11.2. The van der Waals surface area contributed by atoms with Crippen molar-refractivity contribution in [3.63, 3.8) is 0 Å². The van der Waals surface area contributed by atoms with E-state index in [0.29, 0.717) is 6.61 Å². The van der Waals surface area contributed by atoms with Gasteiger partial charge in [-0.1, -0.05) is 39.7 Å². The third-order valence-corrected chi connectivity index (χ3v) is 3.75. The number of halogens is 1. The van der Waals surface area contributed by atoms with Crippen LogP contribution in [0.2, 0.25) is 0 Å². The Morgan fingerprint density at radius 1 is 1.25 bits per heavy atom. The molecule has 102 valence electrons. The lowest BCUT2D eigenvalue weighted by molar-refractivity contribution is 0.300. The Balaban J connectivity index is 1.79. The number of alkyl halides is 1. The Morgan fingerprint density at radius 3 is 2.95 bits per heavy atom. The fourth-order valence-electron chi connectivity index (χ4n) is 2.16. The molecule has 0 aliphatic heterocycles. The molecule has 0 N–H and O–H groups in total. The molecule has 0 spiro atoms. The number of ether oxygens (including phenoxy) is 1. The first-order valence-electron chi connectivity index (χ1n) is 6.47. The zero-order valence-corrected chi connectivity index (χ0v) is 12.8. The summed E-state index contributed by atoms with van der Waals surface area (Å²) in [7, 11) is 0. The largest absolute Gasteiger partial charge is 0.487 e. The molecule has 0 amide bonds. The van der Waals surface area contributed by atoms with E-state index in [1.165, 1.54) is 5.56 Å².